The summed E-state index contributed by atoms with van der Waals surface area (Å²) in [6.45, 7) is 3.46. The van der Waals surface area contributed by atoms with Crippen LogP contribution in [0.4, 0.5) is 5.95 Å². The van der Waals surface area contributed by atoms with Gasteiger partial charge in [0.25, 0.3) is 0 Å². The average molecular weight is 253 g/mol. The second kappa shape index (κ2) is 7.38. The minimum Gasteiger partial charge on any atom is -0.385 e. The molecule has 18 heavy (non-hydrogen) atoms. The molecule has 1 aliphatic heterocycles. The standard InChI is InChI=1S/C13H23N3O2/c1-17-9-4-7-16-8-6-14-13(16)15-11-12-5-2-3-10-18-12/h6,8,12H,2-5,7,9-11H2,1H3,(H,14,15). The number of aromatic nitrogens is 2. The Labute approximate surface area is 108 Å². The molecule has 5 nitrogen and oxygen atoms in total. The van der Waals surface area contributed by atoms with Gasteiger partial charge in [-0.15, -0.1) is 0 Å². The summed E-state index contributed by atoms with van der Waals surface area (Å²) in [4.78, 5) is 4.33. The zero-order valence-electron chi connectivity index (χ0n) is 11.1. The number of nitrogens with zero attached hydrogens (tertiary/aromatic N) is 2. The van der Waals surface area contributed by atoms with Crippen LogP contribution in [0.5, 0.6) is 0 Å². The molecule has 5 heteroatoms. The summed E-state index contributed by atoms with van der Waals surface area (Å²) in [6, 6.07) is 0. The fourth-order valence-electron chi connectivity index (χ4n) is 2.21. The SMILES string of the molecule is COCCCn1ccnc1NCC1CCCCO1. The lowest BCUT2D eigenvalue weighted by Crippen LogP contribution is -2.27. The fourth-order valence-corrected chi connectivity index (χ4v) is 2.21. The fraction of sp³-hybridized carbons (Fsp3) is 0.769. The van der Waals surface area contributed by atoms with Crippen LogP contribution in [0.1, 0.15) is 25.7 Å². The first kappa shape index (κ1) is 13.4. The van der Waals surface area contributed by atoms with Crippen molar-refractivity contribution in [3.05, 3.63) is 12.4 Å². The maximum absolute atomic E-state index is 5.70. The number of methoxy groups -OCH3 is 1. The Morgan fingerprint density at radius 3 is 3.28 bits per heavy atom. The van der Waals surface area contributed by atoms with Gasteiger partial charge < -0.3 is 19.4 Å². The quantitative estimate of drug-likeness (QED) is 0.754. The third-order valence-corrected chi connectivity index (χ3v) is 3.22. The normalized spacial score (nSPS) is 19.9. The molecule has 0 radical (unpaired) electrons. The second-order valence-corrected chi connectivity index (χ2v) is 4.66. The molecule has 0 saturated carbocycles. The summed E-state index contributed by atoms with van der Waals surface area (Å²) in [5.74, 6) is 0.931. The monoisotopic (exact) mass is 253 g/mol. The van der Waals surface area contributed by atoms with Crippen molar-refractivity contribution in [3.8, 4) is 0 Å². The third kappa shape index (κ3) is 3.99. The molecular formula is C13H23N3O2. The number of ether oxygens (including phenoxy) is 2. The number of aryl methyl sites for hydroxylation is 1. The van der Waals surface area contributed by atoms with Gasteiger partial charge in [0.1, 0.15) is 0 Å². The van der Waals surface area contributed by atoms with Crippen molar-refractivity contribution in [2.75, 3.05) is 32.2 Å². The first-order valence-corrected chi connectivity index (χ1v) is 6.75. The summed E-state index contributed by atoms with van der Waals surface area (Å²) in [5, 5.41) is 3.38. The van der Waals surface area contributed by atoms with E-state index in [1.165, 1.54) is 12.8 Å². The van der Waals surface area contributed by atoms with Crippen LogP contribution in [-0.4, -0.2) is 42.5 Å². The first-order valence-electron chi connectivity index (χ1n) is 6.75. The predicted octanol–water partition coefficient (Wildman–Crippen LogP) is 1.90. The van der Waals surface area contributed by atoms with Gasteiger partial charge in [-0.2, -0.15) is 0 Å². The van der Waals surface area contributed by atoms with Crippen LogP contribution < -0.4 is 5.32 Å². The number of hydrogen-bond acceptors (Lipinski definition) is 4. The molecule has 1 fully saturated rings. The van der Waals surface area contributed by atoms with Crippen molar-refractivity contribution in [1.29, 1.82) is 0 Å². The summed E-state index contributed by atoms with van der Waals surface area (Å²) >= 11 is 0. The Morgan fingerprint density at radius 1 is 1.56 bits per heavy atom. The highest BCUT2D eigenvalue weighted by atomic mass is 16.5. The largest absolute Gasteiger partial charge is 0.385 e. The minimum atomic E-state index is 0.336. The van der Waals surface area contributed by atoms with Crippen molar-refractivity contribution < 1.29 is 9.47 Å². The molecule has 0 spiro atoms. The highest BCUT2D eigenvalue weighted by Gasteiger charge is 2.14. The maximum Gasteiger partial charge on any atom is 0.202 e. The Morgan fingerprint density at radius 2 is 2.50 bits per heavy atom. The lowest BCUT2D eigenvalue weighted by Gasteiger charge is -2.23. The summed E-state index contributed by atoms with van der Waals surface area (Å²) < 4.78 is 12.9. The number of imidazole rings is 1. The van der Waals surface area contributed by atoms with Gasteiger partial charge in [-0.05, 0) is 25.7 Å². The maximum atomic E-state index is 5.70. The van der Waals surface area contributed by atoms with Crippen LogP contribution in [0.2, 0.25) is 0 Å². The summed E-state index contributed by atoms with van der Waals surface area (Å²) in [5.41, 5.74) is 0. The van der Waals surface area contributed by atoms with Gasteiger partial charge in [0.05, 0.1) is 6.10 Å². The van der Waals surface area contributed by atoms with Crippen molar-refractivity contribution in [1.82, 2.24) is 9.55 Å². The first-order chi connectivity index (χ1) is 8.90. The zero-order valence-corrected chi connectivity index (χ0v) is 11.1. The molecule has 1 saturated heterocycles. The molecule has 1 N–H and O–H groups in total. The van der Waals surface area contributed by atoms with Crippen LogP contribution in [0.25, 0.3) is 0 Å². The molecule has 1 aromatic rings. The van der Waals surface area contributed by atoms with Gasteiger partial charge >= 0.3 is 0 Å². The molecule has 0 aliphatic carbocycles. The molecule has 1 aromatic heterocycles. The van der Waals surface area contributed by atoms with E-state index in [4.69, 9.17) is 9.47 Å². The predicted molar refractivity (Wildman–Crippen MR) is 70.8 cm³/mol. The van der Waals surface area contributed by atoms with E-state index < -0.39 is 0 Å². The Hall–Kier alpha value is -1.07. The van der Waals surface area contributed by atoms with E-state index in [0.29, 0.717) is 6.10 Å². The smallest absolute Gasteiger partial charge is 0.202 e. The van der Waals surface area contributed by atoms with Crippen molar-refractivity contribution in [2.45, 2.75) is 38.3 Å². The lowest BCUT2D eigenvalue weighted by molar-refractivity contribution is 0.0246. The van der Waals surface area contributed by atoms with E-state index in [0.717, 1.165) is 45.1 Å². The average Bonchev–Trinajstić information content (AvgIpc) is 2.86. The van der Waals surface area contributed by atoms with Crippen molar-refractivity contribution >= 4 is 5.95 Å². The minimum absolute atomic E-state index is 0.336. The Balaban J connectivity index is 1.75. The van der Waals surface area contributed by atoms with Crippen molar-refractivity contribution in [2.24, 2.45) is 0 Å². The number of anilines is 1. The van der Waals surface area contributed by atoms with E-state index in [1.807, 2.05) is 12.4 Å². The number of hydrogen-bond donors (Lipinski definition) is 1. The van der Waals surface area contributed by atoms with E-state index in [1.54, 1.807) is 7.11 Å². The second-order valence-electron chi connectivity index (χ2n) is 4.66. The van der Waals surface area contributed by atoms with Gasteiger partial charge in [-0.1, -0.05) is 0 Å². The van der Waals surface area contributed by atoms with Crippen LogP contribution in [0.15, 0.2) is 12.4 Å². The molecule has 102 valence electrons. The molecule has 0 aromatic carbocycles. The van der Waals surface area contributed by atoms with Gasteiger partial charge in [0.15, 0.2) is 0 Å². The van der Waals surface area contributed by atoms with Crippen LogP contribution in [0, 0.1) is 0 Å². The molecule has 1 aliphatic rings. The van der Waals surface area contributed by atoms with E-state index in [9.17, 15) is 0 Å². The van der Waals surface area contributed by atoms with E-state index >= 15 is 0 Å². The molecule has 1 atom stereocenters. The zero-order chi connectivity index (χ0) is 12.6. The molecule has 2 rings (SSSR count). The van der Waals surface area contributed by atoms with Gasteiger partial charge in [0.2, 0.25) is 5.95 Å². The van der Waals surface area contributed by atoms with Crippen LogP contribution >= 0.6 is 0 Å². The molecular weight excluding hydrogens is 230 g/mol. The molecule has 0 bridgehead atoms. The third-order valence-electron chi connectivity index (χ3n) is 3.22. The van der Waals surface area contributed by atoms with Crippen LogP contribution in [0.3, 0.4) is 0 Å². The highest BCUT2D eigenvalue weighted by molar-refractivity contribution is 5.25. The number of nitrogens with one attached hydrogen (secondary N) is 1. The van der Waals surface area contributed by atoms with Crippen LogP contribution in [-0.2, 0) is 16.0 Å². The molecule has 2 heterocycles. The Bertz CT molecular complexity index is 335. The molecule has 1 unspecified atom stereocenters. The lowest BCUT2D eigenvalue weighted by atomic mass is 10.1. The molecule has 0 amide bonds. The van der Waals surface area contributed by atoms with Gasteiger partial charge in [0, 0.05) is 45.8 Å². The summed E-state index contributed by atoms with van der Waals surface area (Å²) in [6.07, 6.45) is 8.79. The van der Waals surface area contributed by atoms with Gasteiger partial charge in [-0.25, -0.2) is 4.98 Å². The van der Waals surface area contributed by atoms with Gasteiger partial charge in [-0.3, -0.25) is 0 Å². The number of rotatable bonds is 7. The highest BCUT2D eigenvalue weighted by Crippen LogP contribution is 2.13. The Kier molecular flexibility index (Phi) is 5.48. The van der Waals surface area contributed by atoms with E-state index in [2.05, 4.69) is 14.9 Å². The topological polar surface area (TPSA) is 48.3 Å². The van der Waals surface area contributed by atoms with E-state index in [-0.39, 0.29) is 0 Å². The summed E-state index contributed by atoms with van der Waals surface area (Å²) in [7, 11) is 1.73. The van der Waals surface area contributed by atoms with Crippen molar-refractivity contribution in [3.63, 3.8) is 0 Å².